The van der Waals surface area contributed by atoms with Gasteiger partial charge in [0.2, 0.25) is 5.89 Å². The Morgan fingerprint density at radius 2 is 2.33 bits per heavy atom. The summed E-state index contributed by atoms with van der Waals surface area (Å²) in [4.78, 5) is 4.26. The third-order valence-electron chi connectivity index (χ3n) is 2.41. The average Bonchev–Trinajstić information content (AvgIpc) is 2.52. The Bertz CT molecular complexity index is 295. The van der Waals surface area contributed by atoms with Crippen LogP contribution in [0.5, 0.6) is 0 Å². The third-order valence-corrected chi connectivity index (χ3v) is 2.92. The van der Waals surface area contributed by atoms with E-state index in [1.807, 2.05) is 0 Å². The van der Waals surface area contributed by atoms with Crippen molar-refractivity contribution >= 4 is 15.9 Å². The van der Waals surface area contributed by atoms with Crippen molar-refractivity contribution in [1.82, 2.24) is 10.1 Å². The van der Waals surface area contributed by atoms with Crippen molar-refractivity contribution in [2.24, 2.45) is 5.41 Å². The lowest BCUT2D eigenvalue weighted by atomic mass is 10.1. The summed E-state index contributed by atoms with van der Waals surface area (Å²) in [6.07, 6.45) is 1.16. The van der Waals surface area contributed by atoms with Crippen LogP contribution in [0.25, 0.3) is 0 Å². The molecule has 2 rings (SSSR count). The molecule has 1 saturated carbocycles. The van der Waals surface area contributed by atoms with Gasteiger partial charge in [0.25, 0.3) is 0 Å². The van der Waals surface area contributed by atoms with Crippen molar-refractivity contribution in [3.63, 3.8) is 0 Å². The molecule has 0 N–H and O–H groups in total. The van der Waals surface area contributed by atoms with Crippen molar-refractivity contribution in [3.05, 3.63) is 11.7 Å². The topological polar surface area (TPSA) is 38.9 Å². The zero-order valence-electron chi connectivity index (χ0n) is 7.17. The molecular weight excluding hydrogens is 220 g/mol. The van der Waals surface area contributed by atoms with Crippen molar-refractivity contribution in [2.45, 2.75) is 31.5 Å². The van der Waals surface area contributed by atoms with E-state index in [1.165, 1.54) is 0 Å². The first-order valence-corrected chi connectivity index (χ1v) is 5.14. The number of halogens is 1. The van der Waals surface area contributed by atoms with Gasteiger partial charge in [0.15, 0.2) is 5.82 Å². The normalized spacial score (nSPS) is 25.8. The molecule has 1 heterocycles. The monoisotopic (exact) mass is 230 g/mol. The second kappa shape index (κ2) is 2.55. The van der Waals surface area contributed by atoms with Crippen LogP contribution in [-0.2, 0) is 5.33 Å². The highest BCUT2D eigenvalue weighted by Crippen LogP contribution is 2.57. The highest BCUT2D eigenvalue weighted by molar-refractivity contribution is 9.08. The first-order chi connectivity index (χ1) is 5.63. The highest BCUT2D eigenvalue weighted by Gasteiger charge is 2.50. The Labute approximate surface area is 79.7 Å². The molecular formula is C8H11BrN2O. The van der Waals surface area contributed by atoms with Gasteiger partial charge in [-0.2, -0.15) is 4.98 Å². The van der Waals surface area contributed by atoms with Crippen molar-refractivity contribution < 1.29 is 4.52 Å². The first-order valence-electron chi connectivity index (χ1n) is 4.02. The summed E-state index contributed by atoms with van der Waals surface area (Å²) in [7, 11) is 0. The smallest absolute Gasteiger partial charge is 0.230 e. The van der Waals surface area contributed by atoms with Gasteiger partial charge in [-0.1, -0.05) is 34.9 Å². The molecule has 1 aliphatic rings. The maximum Gasteiger partial charge on any atom is 0.230 e. The van der Waals surface area contributed by atoms with Gasteiger partial charge in [-0.25, -0.2) is 0 Å². The molecule has 1 atom stereocenters. The van der Waals surface area contributed by atoms with Crippen LogP contribution in [0.4, 0.5) is 0 Å². The van der Waals surface area contributed by atoms with E-state index < -0.39 is 0 Å². The zero-order chi connectivity index (χ0) is 8.77. The lowest BCUT2D eigenvalue weighted by molar-refractivity contribution is 0.364. The maximum atomic E-state index is 5.12. The summed E-state index contributed by atoms with van der Waals surface area (Å²) in [5, 5.41) is 4.50. The second-order valence-corrected chi connectivity index (χ2v) is 4.49. The number of alkyl halides is 1. The van der Waals surface area contributed by atoms with Gasteiger partial charge >= 0.3 is 0 Å². The number of aromatic nitrogens is 2. The maximum absolute atomic E-state index is 5.12. The van der Waals surface area contributed by atoms with Gasteiger partial charge in [0.05, 0.1) is 5.33 Å². The molecule has 1 aromatic rings. The molecule has 1 fully saturated rings. The third kappa shape index (κ3) is 1.28. The van der Waals surface area contributed by atoms with Gasteiger partial charge in [0.1, 0.15) is 0 Å². The molecule has 0 amide bonds. The minimum atomic E-state index is 0.371. The molecule has 66 valence electrons. The summed E-state index contributed by atoms with van der Waals surface area (Å²) < 4.78 is 5.12. The van der Waals surface area contributed by atoms with Crippen LogP contribution < -0.4 is 0 Å². The first kappa shape index (κ1) is 8.23. The fourth-order valence-corrected chi connectivity index (χ4v) is 1.58. The van der Waals surface area contributed by atoms with Crippen molar-refractivity contribution in [3.8, 4) is 0 Å². The molecule has 0 radical (unpaired) electrons. The second-order valence-electron chi connectivity index (χ2n) is 3.93. The van der Waals surface area contributed by atoms with E-state index in [4.69, 9.17) is 4.52 Å². The predicted octanol–water partition coefficient (Wildman–Crippen LogP) is 2.48. The SMILES string of the molecule is CC1(C)CC1c1nc(CBr)no1. The summed E-state index contributed by atoms with van der Waals surface area (Å²) in [6.45, 7) is 4.44. The Morgan fingerprint density at radius 1 is 1.67 bits per heavy atom. The summed E-state index contributed by atoms with van der Waals surface area (Å²) >= 11 is 3.28. The Morgan fingerprint density at radius 3 is 2.75 bits per heavy atom. The summed E-state index contributed by atoms with van der Waals surface area (Å²) in [5.74, 6) is 2.03. The Balaban J connectivity index is 2.15. The van der Waals surface area contributed by atoms with E-state index in [-0.39, 0.29) is 0 Å². The van der Waals surface area contributed by atoms with Gasteiger partial charge < -0.3 is 4.52 Å². The molecule has 1 unspecified atom stereocenters. The minimum Gasteiger partial charge on any atom is -0.339 e. The molecule has 3 nitrogen and oxygen atoms in total. The molecule has 4 heteroatoms. The van der Waals surface area contributed by atoms with Gasteiger partial charge in [0, 0.05) is 5.92 Å². The number of hydrogen-bond donors (Lipinski definition) is 0. The molecule has 0 spiro atoms. The zero-order valence-corrected chi connectivity index (χ0v) is 8.76. The molecule has 0 bridgehead atoms. The number of rotatable bonds is 2. The van der Waals surface area contributed by atoms with Crippen LogP contribution in [0.1, 0.15) is 37.9 Å². The van der Waals surface area contributed by atoms with E-state index in [0.29, 0.717) is 16.7 Å². The standard InChI is InChI=1S/C8H11BrN2O/c1-8(2)3-5(8)7-10-6(4-9)11-12-7/h5H,3-4H2,1-2H3. The Hall–Kier alpha value is -0.380. The molecule has 12 heavy (non-hydrogen) atoms. The van der Waals surface area contributed by atoms with Gasteiger partial charge in [-0.05, 0) is 11.8 Å². The predicted molar refractivity (Wildman–Crippen MR) is 48.1 cm³/mol. The van der Waals surface area contributed by atoms with Crippen LogP contribution in [0.3, 0.4) is 0 Å². The lowest BCUT2D eigenvalue weighted by Gasteiger charge is -1.95. The van der Waals surface area contributed by atoms with Crippen LogP contribution in [0.2, 0.25) is 0 Å². The van der Waals surface area contributed by atoms with Crippen LogP contribution in [-0.4, -0.2) is 10.1 Å². The lowest BCUT2D eigenvalue weighted by Crippen LogP contribution is -1.90. The average molecular weight is 231 g/mol. The number of hydrogen-bond acceptors (Lipinski definition) is 3. The van der Waals surface area contributed by atoms with Crippen LogP contribution in [0, 0.1) is 5.41 Å². The fourth-order valence-electron chi connectivity index (χ4n) is 1.35. The highest BCUT2D eigenvalue weighted by atomic mass is 79.9. The van der Waals surface area contributed by atoms with E-state index in [9.17, 15) is 0 Å². The molecule has 1 aliphatic carbocycles. The molecule has 0 saturated heterocycles. The molecule has 1 aromatic heterocycles. The van der Waals surface area contributed by atoms with E-state index >= 15 is 0 Å². The van der Waals surface area contributed by atoms with E-state index in [2.05, 4.69) is 39.9 Å². The van der Waals surface area contributed by atoms with Gasteiger partial charge in [-0.3, -0.25) is 0 Å². The largest absolute Gasteiger partial charge is 0.339 e. The van der Waals surface area contributed by atoms with E-state index in [0.717, 1.165) is 18.1 Å². The van der Waals surface area contributed by atoms with Crippen LogP contribution >= 0.6 is 15.9 Å². The van der Waals surface area contributed by atoms with Crippen molar-refractivity contribution in [2.75, 3.05) is 0 Å². The molecule has 0 aromatic carbocycles. The number of nitrogens with zero attached hydrogens (tertiary/aromatic N) is 2. The Kier molecular flexibility index (Phi) is 1.75. The summed E-state index contributed by atoms with van der Waals surface area (Å²) in [5.41, 5.74) is 0.371. The summed E-state index contributed by atoms with van der Waals surface area (Å²) in [6, 6.07) is 0. The van der Waals surface area contributed by atoms with Crippen LogP contribution in [0.15, 0.2) is 4.52 Å². The fraction of sp³-hybridized carbons (Fsp3) is 0.750. The molecule has 0 aliphatic heterocycles. The van der Waals surface area contributed by atoms with E-state index in [1.54, 1.807) is 0 Å². The minimum absolute atomic E-state index is 0.371. The van der Waals surface area contributed by atoms with Gasteiger partial charge in [-0.15, -0.1) is 0 Å². The quantitative estimate of drug-likeness (QED) is 0.734. The van der Waals surface area contributed by atoms with Crippen molar-refractivity contribution in [1.29, 1.82) is 0 Å².